The zero-order valence-electron chi connectivity index (χ0n) is 14.5. The van der Waals surface area contributed by atoms with Crippen molar-refractivity contribution in [3.8, 4) is 0 Å². The molecule has 1 N–H and O–H groups in total. The van der Waals surface area contributed by atoms with Crippen molar-refractivity contribution in [2.75, 3.05) is 23.4 Å². The van der Waals surface area contributed by atoms with Crippen LogP contribution in [0.25, 0.3) is 0 Å². The molecule has 3 rings (SSSR count). The molecule has 0 saturated carbocycles. The van der Waals surface area contributed by atoms with Crippen LogP contribution in [0.15, 0.2) is 18.2 Å². The van der Waals surface area contributed by atoms with Gasteiger partial charge in [-0.15, -0.1) is 0 Å². The van der Waals surface area contributed by atoms with Crippen molar-refractivity contribution in [3.63, 3.8) is 0 Å². The Hall–Kier alpha value is -1.88. The number of fused-ring (bicyclic) bond motifs is 1. The molecular weight excluding hydrogens is 304 g/mol. The largest absolute Gasteiger partial charge is 0.368 e. The number of carbonyl (C=O) groups is 2. The maximum Gasteiger partial charge on any atom is 0.256 e. The van der Waals surface area contributed by atoms with Crippen molar-refractivity contribution in [1.29, 1.82) is 0 Å². The van der Waals surface area contributed by atoms with Gasteiger partial charge in [-0.05, 0) is 49.8 Å². The second-order valence-electron chi connectivity index (χ2n) is 6.59. The average Bonchev–Trinajstić information content (AvgIpc) is 3.25. The van der Waals surface area contributed by atoms with Gasteiger partial charge in [-0.2, -0.15) is 0 Å². The molecule has 0 aromatic heterocycles. The second-order valence-corrected chi connectivity index (χ2v) is 6.59. The van der Waals surface area contributed by atoms with Gasteiger partial charge in [-0.25, -0.2) is 0 Å². The number of nitrogens with one attached hydrogen (secondary N) is 1. The summed E-state index contributed by atoms with van der Waals surface area (Å²) in [6.45, 7) is 5.41. The number of hydrogen-bond acceptors (Lipinski definition) is 3. The number of rotatable bonds is 5. The summed E-state index contributed by atoms with van der Waals surface area (Å²) in [7, 11) is 0. The summed E-state index contributed by atoms with van der Waals surface area (Å²) in [5, 5.41) is 2.99. The molecule has 0 spiro atoms. The van der Waals surface area contributed by atoms with Crippen LogP contribution in [0.1, 0.15) is 45.1 Å². The zero-order chi connectivity index (χ0) is 17.1. The van der Waals surface area contributed by atoms with Gasteiger partial charge in [0.05, 0.1) is 0 Å². The fourth-order valence-corrected chi connectivity index (χ4v) is 3.54. The summed E-state index contributed by atoms with van der Waals surface area (Å²) in [5.41, 5.74) is 2.83. The molecule has 1 saturated heterocycles. The van der Waals surface area contributed by atoms with Gasteiger partial charge in [-0.1, -0.05) is 19.9 Å². The van der Waals surface area contributed by atoms with Crippen molar-refractivity contribution < 1.29 is 14.3 Å². The summed E-state index contributed by atoms with van der Waals surface area (Å²) < 4.78 is 5.54. The van der Waals surface area contributed by atoms with E-state index in [1.54, 1.807) is 0 Å². The van der Waals surface area contributed by atoms with Crippen LogP contribution in [-0.2, 0) is 20.7 Å². The van der Waals surface area contributed by atoms with E-state index in [4.69, 9.17) is 4.74 Å². The standard InChI is InChI=1S/C19H26N2O3/c1-3-13(4-2)18(22)20-15-8-7-14-9-10-21(16(14)12-15)19(23)17-6-5-11-24-17/h7-8,12-13,17H,3-6,9-11H2,1-2H3,(H,20,22). The SMILES string of the molecule is CCC(CC)C(=O)Nc1ccc2c(c1)N(C(=O)C1CCCO1)CC2. The zero-order valence-corrected chi connectivity index (χ0v) is 14.5. The lowest BCUT2D eigenvalue weighted by Crippen LogP contribution is -2.37. The monoisotopic (exact) mass is 330 g/mol. The molecular formula is C19H26N2O3. The molecule has 0 radical (unpaired) electrons. The molecule has 1 aromatic rings. The first kappa shape index (κ1) is 17.0. The Morgan fingerprint density at radius 2 is 2.12 bits per heavy atom. The molecule has 24 heavy (non-hydrogen) atoms. The van der Waals surface area contributed by atoms with Crippen molar-refractivity contribution in [2.24, 2.45) is 5.92 Å². The fraction of sp³-hybridized carbons (Fsp3) is 0.579. The Balaban J connectivity index is 1.76. The summed E-state index contributed by atoms with van der Waals surface area (Å²) >= 11 is 0. The smallest absolute Gasteiger partial charge is 0.256 e. The summed E-state index contributed by atoms with van der Waals surface area (Å²) in [4.78, 5) is 26.8. The first-order chi connectivity index (χ1) is 11.6. The van der Waals surface area contributed by atoms with Crippen LogP contribution in [0.3, 0.4) is 0 Å². The molecule has 0 bridgehead atoms. The molecule has 1 aromatic carbocycles. The number of nitrogens with zero attached hydrogens (tertiary/aromatic N) is 1. The number of hydrogen-bond donors (Lipinski definition) is 1. The topological polar surface area (TPSA) is 58.6 Å². The van der Waals surface area contributed by atoms with Gasteiger partial charge in [0.2, 0.25) is 5.91 Å². The van der Waals surface area contributed by atoms with Gasteiger partial charge in [0.25, 0.3) is 5.91 Å². The third-order valence-electron chi connectivity index (χ3n) is 5.08. The minimum absolute atomic E-state index is 0.0304. The number of benzene rings is 1. The summed E-state index contributed by atoms with van der Waals surface area (Å²) in [6, 6.07) is 5.87. The lowest BCUT2D eigenvalue weighted by atomic mass is 10.0. The molecule has 5 nitrogen and oxygen atoms in total. The highest BCUT2D eigenvalue weighted by Gasteiger charge is 2.32. The van der Waals surface area contributed by atoms with Gasteiger partial charge in [0, 0.05) is 30.4 Å². The van der Waals surface area contributed by atoms with Gasteiger partial charge in [-0.3, -0.25) is 9.59 Å². The van der Waals surface area contributed by atoms with Crippen molar-refractivity contribution >= 4 is 23.2 Å². The van der Waals surface area contributed by atoms with Crippen molar-refractivity contribution in [2.45, 2.75) is 52.1 Å². The minimum Gasteiger partial charge on any atom is -0.368 e. The van der Waals surface area contributed by atoms with Crippen LogP contribution in [0.5, 0.6) is 0 Å². The van der Waals surface area contributed by atoms with Crippen LogP contribution >= 0.6 is 0 Å². The first-order valence-electron chi connectivity index (χ1n) is 9.00. The van der Waals surface area contributed by atoms with Crippen LogP contribution in [0.4, 0.5) is 11.4 Å². The molecule has 2 heterocycles. The van der Waals surface area contributed by atoms with E-state index in [-0.39, 0.29) is 23.8 Å². The Morgan fingerprint density at radius 3 is 2.79 bits per heavy atom. The molecule has 1 unspecified atom stereocenters. The molecule has 2 aliphatic rings. The lowest BCUT2D eigenvalue weighted by molar-refractivity contribution is -0.127. The van der Waals surface area contributed by atoms with Crippen molar-refractivity contribution in [1.82, 2.24) is 0 Å². The summed E-state index contributed by atoms with van der Waals surface area (Å²) in [5.74, 6) is 0.132. The van der Waals surface area contributed by atoms with Gasteiger partial charge in [0.15, 0.2) is 0 Å². The molecule has 2 aliphatic heterocycles. The molecule has 1 fully saturated rings. The van der Waals surface area contributed by atoms with E-state index in [9.17, 15) is 9.59 Å². The molecule has 5 heteroatoms. The third-order valence-corrected chi connectivity index (χ3v) is 5.08. The van der Waals surface area contributed by atoms with E-state index in [1.807, 2.05) is 36.9 Å². The maximum absolute atomic E-state index is 12.7. The van der Waals surface area contributed by atoms with Crippen LogP contribution in [-0.4, -0.2) is 31.1 Å². The van der Waals surface area contributed by atoms with E-state index in [0.29, 0.717) is 13.2 Å². The highest BCUT2D eigenvalue weighted by molar-refractivity contribution is 6.00. The van der Waals surface area contributed by atoms with E-state index in [0.717, 1.165) is 49.0 Å². The number of ether oxygens (including phenoxy) is 1. The fourth-order valence-electron chi connectivity index (χ4n) is 3.54. The van der Waals surface area contributed by atoms with Gasteiger partial charge >= 0.3 is 0 Å². The summed E-state index contributed by atoms with van der Waals surface area (Å²) in [6.07, 6.45) is 3.96. The van der Waals surface area contributed by atoms with Crippen LogP contribution in [0, 0.1) is 5.92 Å². The number of carbonyl (C=O) groups excluding carboxylic acids is 2. The average molecular weight is 330 g/mol. The predicted molar refractivity (Wildman–Crippen MR) is 94.2 cm³/mol. The molecule has 1 atom stereocenters. The second kappa shape index (κ2) is 7.34. The Bertz CT molecular complexity index is 619. The normalized spacial score (nSPS) is 19.6. The highest BCUT2D eigenvalue weighted by atomic mass is 16.5. The third kappa shape index (κ3) is 3.31. The van der Waals surface area contributed by atoms with Crippen molar-refractivity contribution in [3.05, 3.63) is 23.8 Å². The van der Waals surface area contributed by atoms with E-state index in [2.05, 4.69) is 5.32 Å². The van der Waals surface area contributed by atoms with E-state index in [1.165, 1.54) is 0 Å². The Kier molecular flexibility index (Phi) is 5.19. The van der Waals surface area contributed by atoms with Crippen LogP contribution < -0.4 is 10.2 Å². The number of anilines is 2. The van der Waals surface area contributed by atoms with E-state index >= 15 is 0 Å². The minimum atomic E-state index is -0.307. The quantitative estimate of drug-likeness (QED) is 0.902. The van der Waals surface area contributed by atoms with Gasteiger partial charge < -0.3 is 15.0 Å². The lowest BCUT2D eigenvalue weighted by Gasteiger charge is -2.21. The Morgan fingerprint density at radius 1 is 1.33 bits per heavy atom. The molecule has 130 valence electrons. The number of amides is 2. The van der Waals surface area contributed by atoms with E-state index < -0.39 is 0 Å². The highest BCUT2D eigenvalue weighted by Crippen LogP contribution is 2.32. The Labute approximate surface area is 143 Å². The predicted octanol–water partition coefficient (Wildman–Crippen LogP) is 3.13. The molecule has 2 amide bonds. The first-order valence-corrected chi connectivity index (χ1v) is 9.00. The van der Waals surface area contributed by atoms with Crippen LogP contribution in [0.2, 0.25) is 0 Å². The molecule has 0 aliphatic carbocycles. The van der Waals surface area contributed by atoms with Gasteiger partial charge in [0.1, 0.15) is 6.10 Å². The maximum atomic E-state index is 12.7.